The second-order valence-electron chi connectivity index (χ2n) is 9.03. The zero-order chi connectivity index (χ0) is 18.8. The quantitative estimate of drug-likeness (QED) is 0.745. The van der Waals surface area contributed by atoms with Crippen LogP contribution in [0.1, 0.15) is 47.4 Å². The zero-order valence-corrected chi connectivity index (χ0v) is 15.7. The average molecular weight is 364 g/mol. The number of carbonyl (C=O) groups is 2. The van der Waals surface area contributed by atoms with Gasteiger partial charge in [0.15, 0.2) is 17.9 Å². The summed E-state index contributed by atoms with van der Waals surface area (Å²) in [6, 6.07) is 7.00. The van der Waals surface area contributed by atoms with Gasteiger partial charge in [-0.3, -0.25) is 9.59 Å². The maximum atomic E-state index is 13.1. The van der Waals surface area contributed by atoms with E-state index in [1.807, 2.05) is 13.8 Å². The van der Waals surface area contributed by atoms with Gasteiger partial charge in [0, 0.05) is 27.5 Å². The monoisotopic (exact) mass is 364 g/mol. The van der Waals surface area contributed by atoms with Crippen LogP contribution in [0.5, 0.6) is 0 Å². The van der Waals surface area contributed by atoms with E-state index < -0.39 is 11.7 Å². The Labute approximate surface area is 159 Å². The van der Waals surface area contributed by atoms with Crippen LogP contribution >= 0.6 is 0 Å². The number of hydrogen-bond donors (Lipinski definition) is 0. The number of Topliss-reactive ketones (excluding diaryl/α,β-unsaturated/α-hetero) is 1. The Hall–Kier alpha value is -2.04. The lowest BCUT2D eigenvalue weighted by molar-refractivity contribution is -0.266. The molecule has 1 aliphatic heterocycles. The van der Waals surface area contributed by atoms with Crippen molar-refractivity contribution in [2.75, 3.05) is 13.2 Å². The van der Waals surface area contributed by atoms with E-state index >= 15 is 0 Å². The van der Waals surface area contributed by atoms with E-state index in [4.69, 9.17) is 9.47 Å². The molecule has 5 rings (SSSR count). The molecule has 2 atom stereocenters. The molecule has 0 aromatic heterocycles. The van der Waals surface area contributed by atoms with Gasteiger partial charge >= 0.3 is 0 Å². The summed E-state index contributed by atoms with van der Waals surface area (Å²) in [5.74, 6) is 0.961. The largest absolute Gasteiger partial charge is 0.351 e. The second-order valence-corrected chi connectivity index (χ2v) is 9.03. The van der Waals surface area contributed by atoms with E-state index in [1.165, 1.54) is 12.5 Å². The zero-order valence-electron chi connectivity index (χ0n) is 15.7. The van der Waals surface area contributed by atoms with Crippen molar-refractivity contribution in [1.82, 2.24) is 0 Å². The number of ketones is 2. The van der Waals surface area contributed by atoms with Crippen molar-refractivity contribution in [1.29, 1.82) is 0 Å². The summed E-state index contributed by atoms with van der Waals surface area (Å²) >= 11 is 0. The van der Waals surface area contributed by atoms with E-state index in [1.54, 1.807) is 24.3 Å². The molecule has 0 unspecified atom stereocenters. The Kier molecular flexibility index (Phi) is 3.62. The van der Waals surface area contributed by atoms with Crippen molar-refractivity contribution in [3.8, 4) is 0 Å². The van der Waals surface area contributed by atoms with E-state index in [0.717, 1.165) is 6.42 Å². The molecule has 4 heteroatoms. The van der Waals surface area contributed by atoms with E-state index in [0.29, 0.717) is 41.7 Å². The van der Waals surface area contributed by atoms with Crippen LogP contribution in [0.15, 0.2) is 48.1 Å². The van der Waals surface area contributed by atoms with Crippen LogP contribution in [0.25, 0.3) is 0 Å². The lowest BCUT2D eigenvalue weighted by Gasteiger charge is -2.46. The summed E-state index contributed by atoms with van der Waals surface area (Å²) in [4.78, 5) is 25.6. The number of allylic oxidation sites excluding steroid dienone is 3. The highest BCUT2D eigenvalue weighted by Gasteiger charge is 2.53. The van der Waals surface area contributed by atoms with Crippen molar-refractivity contribution in [3.05, 3.63) is 59.2 Å². The Balaban J connectivity index is 1.39. The van der Waals surface area contributed by atoms with E-state index in [2.05, 4.69) is 12.2 Å². The molecule has 140 valence electrons. The molecular weight excluding hydrogens is 340 g/mol. The maximum Gasteiger partial charge on any atom is 0.190 e. The third-order valence-electron chi connectivity index (χ3n) is 6.91. The minimum atomic E-state index is -0.699. The third-order valence-corrected chi connectivity index (χ3v) is 6.91. The first-order valence-electron chi connectivity index (χ1n) is 9.72. The van der Waals surface area contributed by atoms with Crippen LogP contribution < -0.4 is 0 Å². The smallest absolute Gasteiger partial charge is 0.190 e. The summed E-state index contributed by atoms with van der Waals surface area (Å²) in [5.41, 5.74) is 0.799. The number of hydrogen-bond acceptors (Lipinski definition) is 4. The molecule has 1 saturated carbocycles. The molecule has 4 aliphatic rings. The van der Waals surface area contributed by atoms with Crippen LogP contribution in [-0.2, 0) is 9.47 Å². The van der Waals surface area contributed by atoms with Gasteiger partial charge in [0.2, 0.25) is 0 Å². The molecular formula is C23H24O4. The molecule has 1 heterocycles. The molecule has 1 aromatic rings. The molecule has 2 fully saturated rings. The number of benzene rings is 1. The number of carbonyl (C=O) groups excluding carboxylic acids is 2. The number of ether oxygens (including phenoxy) is 2. The fourth-order valence-corrected chi connectivity index (χ4v) is 5.30. The highest BCUT2D eigenvalue weighted by molar-refractivity contribution is 6.24. The molecule has 3 aliphatic carbocycles. The minimum Gasteiger partial charge on any atom is -0.351 e. The first kappa shape index (κ1) is 17.1. The van der Waals surface area contributed by atoms with Gasteiger partial charge in [-0.2, -0.15) is 0 Å². The molecule has 0 amide bonds. The van der Waals surface area contributed by atoms with Gasteiger partial charge < -0.3 is 9.47 Å². The lowest BCUT2D eigenvalue weighted by Crippen LogP contribution is -2.50. The molecule has 1 spiro atoms. The highest BCUT2D eigenvalue weighted by Crippen LogP contribution is 2.55. The van der Waals surface area contributed by atoms with Gasteiger partial charge in [0.05, 0.1) is 13.2 Å². The van der Waals surface area contributed by atoms with E-state index in [-0.39, 0.29) is 17.0 Å². The van der Waals surface area contributed by atoms with Gasteiger partial charge in [-0.1, -0.05) is 50.3 Å². The van der Waals surface area contributed by atoms with Gasteiger partial charge in [-0.15, -0.1) is 0 Å². The SMILES string of the molecule is CC(C)(C1=CC(=O)c2ccccc2C1=O)C1OCC2(CO1)C[C@H]1C=C[C@@H]2C1. The molecule has 27 heavy (non-hydrogen) atoms. The molecule has 4 nitrogen and oxygen atoms in total. The van der Waals surface area contributed by atoms with Gasteiger partial charge in [0.25, 0.3) is 0 Å². The molecule has 1 aromatic carbocycles. The third kappa shape index (κ3) is 2.43. The molecule has 0 radical (unpaired) electrons. The predicted molar refractivity (Wildman–Crippen MR) is 100 cm³/mol. The Morgan fingerprint density at radius 2 is 1.74 bits per heavy atom. The Morgan fingerprint density at radius 1 is 1.04 bits per heavy atom. The van der Waals surface area contributed by atoms with Crippen LogP contribution in [0.4, 0.5) is 0 Å². The Bertz CT molecular complexity index is 883. The summed E-state index contributed by atoms with van der Waals surface area (Å²) in [6.45, 7) is 5.17. The highest BCUT2D eigenvalue weighted by atomic mass is 16.7. The van der Waals surface area contributed by atoms with Crippen LogP contribution in [0, 0.1) is 22.7 Å². The predicted octanol–water partition coefficient (Wildman–Crippen LogP) is 3.97. The first-order valence-corrected chi connectivity index (χ1v) is 9.72. The van der Waals surface area contributed by atoms with Gasteiger partial charge in [-0.05, 0) is 30.8 Å². The van der Waals surface area contributed by atoms with Crippen LogP contribution in [-0.4, -0.2) is 31.1 Å². The number of fused-ring (bicyclic) bond motifs is 4. The van der Waals surface area contributed by atoms with Crippen molar-refractivity contribution in [2.45, 2.75) is 33.0 Å². The maximum absolute atomic E-state index is 13.1. The van der Waals surface area contributed by atoms with Gasteiger partial charge in [-0.25, -0.2) is 0 Å². The van der Waals surface area contributed by atoms with E-state index in [9.17, 15) is 9.59 Å². The standard InChI is InChI=1S/C23H24O4/c1-22(2,18-10-19(24)16-5-3-4-6-17(16)20(18)25)21-26-12-23(13-27-21)11-14-7-8-15(23)9-14/h3-8,10,14-15,21H,9,11-13H2,1-2H3/t14-,15+,21?,23?/m0/s1. The van der Waals surface area contributed by atoms with Crippen LogP contribution in [0.3, 0.4) is 0 Å². The summed E-state index contributed by atoms with van der Waals surface area (Å²) in [5, 5.41) is 0. The summed E-state index contributed by atoms with van der Waals surface area (Å²) in [6.07, 6.45) is 7.90. The molecule has 1 saturated heterocycles. The molecule has 2 bridgehead atoms. The van der Waals surface area contributed by atoms with Crippen molar-refractivity contribution < 1.29 is 19.1 Å². The lowest BCUT2D eigenvalue weighted by atomic mass is 9.73. The van der Waals surface area contributed by atoms with Crippen molar-refractivity contribution >= 4 is 11.6 Å². The normalized spacial score (nSPS) is 34.9. The summed E-state index contributed by atoms with van der Waals surface area (Å²) in [7, 11) is 0. The van der Waals surface area contributed by atoms with Crippen molar-refractivity contribution in [3.63, 3.8) is 0 Å². The Morgan fingerprint density at radius 3 is 2.37 bits per heavy atom. The van der Waals surface area contributed by atoms with Crippen LogP contribution in [0.2, 0.25) is 0 Å². The summed E-state index contributed by atoms with van der Waals surface area (Å²) < 4.78 is 12.4. The first-order chi connectivity index (χ1) is 12.9. The second kappa shape index (κ2) is 5.73. The topological polar surface area (TPSA) is 52.6 Å². The van der Waals surface area contributed by atoms with Gasteiger partial charge in [0.1, 0.15) is 0 Å². The van der Waals surface area contributed by atoms with Crippen molar-refractivity contribution in [2.24, 2.45) is 22.7 Å². The number of rotatable bonds is 2. The fraction of sp³-hybridized carbons (Fsp3) is 0.478. The molecule has 0 N–H and O–H groups in total. The fourth-order valence-electron chi connectivity index (χ4n) is 5.30. The minimum absolute atomic E-state index is 0.0827. The average Bonchev–Trinajstić information content (AvgIpc) is 3.26.